The van der Waals surface area contributed by atoms with Gasteiger partial charge in [0.25, 0.3) is 0 Å². The van der Waals surface area contributed by atoms with Crippen LogP contribution in [-0.2, 0) is 13.0 Å². The molecule has 4 heteroatoms. The van der Waals surface area contributed by atoms with Gasteiger partial charge in [0.05, 0.1) is 5.01 Å². The average Bonchev–Trinajstić information content (AvgIpc) is 2.89. The Morgan fingerprint density at radius 2 is 2.14 bits per heavy atom. The minimum Gasteiger partial charge on any atom is -0.311 e. The Balaban J connectivity index is 1.61. The zero-order chi connectivity index (χ0) is 14.7. The summed E-state index contributed by atoms with van der Waals surface area (Å²) < 4.78 is 0. The molecule has 1 fully saturated rings. The summed E-state index contributed by atoms with van der Waals surface area (Å²) in [6.45, 7) is 7.58. The first-order valence-corrected chi connectivity index (χ1v) is 8.45. The zero-order valence-corrected chi connectivity index (χ0v) is 13.6. The lowest BCUT2D eigenvalue weighted by atomic mass is 10.0. The van der Waals surface area contributed by atoms with Gasteiger partial charge in [-0.2, -0.15) is 0 Å². The molecule has 1 saturated heterocycles. The zero-order valence-electron chi connectivity index (χ0n) is 12.7. The van der Waals surface area contributed by atoms with Crippen LogP contribution < -0.4 is 5.32 Å². The fourth-order valence-electron chi connectivity index (χ4n) is 2.93. The van der Waals surface area contributed by atoms with Gasteiger partial charge in [0.15, 0.2) is 0 Å². The first-order valence-electron chi connectivity index (χ1n) is 7.63. The summed E-state index contributed by atoms with van der Waals surface area (Å²) in [6.07, 6.45) is 3.13. The number of rotatable bonds is 4. The van der Waals surface area contributed by atoms with Crippen LogP contribution in [0.5, 0.6) is 0 Å². The van der Waals surface area contributed by atoms with E-state index in [1.54, 1.807) is 0 Å². The van der Waals surface area contributed by atoms with E-state index in [-0.39, 0.29) is 0 Å². The van der Waals surface area contributed by atoms with Crippen molar-refractivity contribution < 1.29 is 0 Å². The summed E-state index contributed by atoms with van der Waals surface area (Å²) in [4.78, 5) is 8.33. The van der Waals surface area contributed by atoms with Crippen molar-refractivity contribution in [2.24, 2.45) is 0 Å². The summed E-state index contributed by atoms with van der Waals surface area (Å²) in [6, 6.07) is 11.9. The van der Waals surface area contributed by atoms with E-state index in [0.29, 0.717) is 12.1 Å². The fraction of sp³-hybridized carbons (Fsp3) is 0.471. The van der Waals surface area contributed by atoms with Gasteiger partial charge >= 0.3 is 0 Å². The second kappa shape index (κ2) is 6.69. The van der Waals surface area contributed by atoms with Crippen LogP contribution in [0.3, 0.4) is 0 Å². The van der Waals surface area contributed by atoms with Crippen LogP contribution in [0.4, 0.5) is 0 Å². The topological polar surface area (TPSA) is 28.2 Å². The van der Waals surface area contributed by atoms with Crippen molar-refractivity contribution in [3.63, 3.8) is 0 Å². The molecule has 2 aromatic rings. The largest absolute Gasteiger partial charge is 0.311 e. The number of hydrogen-bond donors (Lipinski definition) is 1. The highest BCUT2D eigenvalue weighted by Crippen LogP contribution is 2.18. The fourth-order valence-corrected chi connectivity index (χ4v) is 3.75. The van der Waals surface area contributed by atoms with Crippen molar-refractivity contribution in [1.29, 1.82) is 0 Å². The summed E-state index contributed by atoms with van der Waals surface area (Å²) in [7, 11) is 0. The van der Waals surface area contributed by atoms with E-state index >= 15 is 0 Å². The molecule has 0 bridgehead atoms. The third-order valence-corrected chi connectivity index (χ3v) is 5.03. The molecule has 0 amide bonds. The normalized spacial score (nSPS) is 23.3. The standard InChI is InChI=1S/C17H23N3S/c1-13-9-19-16(8-15-6-4-3-5-7-15)11-20(13)12-17-10-18-14(2)21-17/h3-7,10,13,16,19H,8-9,11-12H2,1-2H3. The van der Waals surface area contributed by atoms with Gasteiger partial charge < -0.3 is 5.32 Å². The lowest BCUT2D eigenvalue weighted by Gasteiger charge is -2.38. The number of benzene rings is 1. The van der Waals surface area contributed by atoms with Crippen molar-refractivity contribution in [2.75, 3.05) is 13.1 Å². The second-order valence-electron chi connectivity index (χ2n) is 5.92. The van der Waals surface area contributed by atoms with Gasteiger partial charge in [-0.3, -0.25) is 4.90 Å². The van der Waals surface area contributed by atoms with E-state index in [9.17, 15) is 0 Å². The van der Waals surface area contributed by atoms with E-state index in [1.807, 2.05) is 17.5 Å². The number of nitrogens with zero attached hydrogens (tertiary/aromatic N) is 2. The van der Waals surface area contributed by atoms with Crippen molar-refractivity contribution in [3.8, 4) is 0 Å². The van der Waals surface area contributed by atoms with Crippen LogP contribution >= 0.6 is 11.3 Å². The van der Waals surface area contributed by atoms with Crippen LogP contribution in [0.1, 0.15) is 22.4 Å². The Morgan fingerprint density at radius 1 is 1.33 bits per heavy atom. The maximum atomic E-state index is 4.37. The highest BCUT2D eigenvalue weighted by atomic mass is 32.1. The van der Waals surface area contributed by atoms with E-state index in [1.165, 1.54) is 10.4 Å². The first-order chi connectivity index (χ1) is 10.2. The molecule has 1 aliphatic heterocycles. The van der Waals surface area contributed by atoms with Crippen molar-refractivity contribution >= 4 is 11.3 Å². The van der Waals surface area contributed by atoms with E-state index in [2.05, 4.69) is 59.4 Å². The third kappa shape index (κ3) is 3.90. The van der Waals surface area contributed by atoms with Crippen molar-refractivity contribution in [1.82, 2.24) is 15.2 Å². The summed E-state index contributed by atoms with van der Waals surface area (Å²) in [5.41, 5.74) is 1.41. The number of piperazine rings is 1. The van der Waals surface area contributed by atoms with Gasteiger partial charge in [-0.1, -0.05) is 30.3 Å². The molecule has 2 heterocycles. The molecule has 1 N–H and O–H groups in total. The van der Waals surface area contributed by atoms with E-state index in [0.717, 1.165) is 31.1 Å². The molecular weight excluding hydrogens is 278 g/mol. The van der Waals surface area contributed by atoms with Crippen molar-refractivity contribution in [2.45, 2.75) is 38.9 Å². The Morgan fingerprint density at radius 3 is 2.86 bits per heavy atom. The highest BCUT2D eigenvalue weighted by Gasteiger charge is 2.25. The van der Waals surface area contributed by atoms with Gasteiger partial charge in [0, 0.05) is 42.8 Å². The molecule has 1 aromatic heterocycles. The number of aromatic nitrogens is 1. The quantitative estimate of drug-likeness (QED) is 0.941. The Labute approximate surface area is 131 Å². The van der Waals surface area contributed by atoms with Crippen LogP contribution in [-0.4, -0.2) is 35.1 Å². The minimum absolute atomic E-state index is 0.539. The number of aryl methyl sites for hydroxylation is 1. The molecule has 3 nitrogen and oxygen atoms in total. The molecule has 0 aliphatic carbocycles. The van der Waals surface area contributed by atoms with Gasteiger partial charge in [-0.15, -0.1) is 11.3 Å². The smallest absolute Gasteiger partial charge is 0.0897 e. The lowest BCUT2D eigenvalue weighted by molar-refractivity contribution is 0.134. The maximum absolute atomic E-state index is 4.37. The van der Waals surface area contributed by atoms with E-state index in [4.69, 9.17) is 0 Å². The Kier molecular flexibility index (Phi) is 4.68. The van der Waals surface area contributed by atoms with Gasteiger partial charge in [-0.25, -0.2) is 4.98 Å². The third-order valence-electron chi connectivity index (χ3n) is 4.13. The molecule has 1 aromatic carbocycles. The molecular formula is C17H23N3S. The van der Waals surface area contributed by atoms with Crippen LogP contribution in [0.2, 0.25) is 0 Å². The monoisotopic (exact) mass is 301 g/mol. The predicted octanol–water partition coefficient (Wildman–Crippen LogP) is 2.86. The maximum Gasteiger partial charge on any atom is 0.0897 e. The molecule has 0 spiro atoms. The van der Waals surface area contributed by atoms with Gasteiger partial charge in [-0.05, 0) is 25.8 Å². The minimum atomic E-state index is 0.539. The summed E-state index contributed by atoms with van der Waals surface area (Å²) in [5, 5.41) is 4.85. The van der Waals surface area contributed by atoms with Crippen LogP contribution in [0, 0.1) is 6.92 Å². The highest BCUT2D eigenvalue weighted by molar-refractivity contribution is 7.11. The predicted molar refractivity (Wildman–Crippen MR) is 88.7 cm³/mol. The Bertz CT molecular complexity index is 566. The lowest BCUT2D eigenvalue weighted by Crippen LogP contribution is -2.55. The summed E-state index contributed by atoms with van der Waals surface area (Å²) in [5.74, 6) is 0. The number of hydrogen-bond acceptors (Lipinski definition) is 4. The number of thiazole rings is 1. The number of nitrogens with one attached hydrogen (secondary N) is 1. The van der Waals surface area contributed by atoms with Crippen LogP contribution in [0.15, 0.2) is 36.5 Å². The molecule has 0 saturated carbocycles. The second-order valence-corrected chi connectivity index (χ2v) is 7.24. The molecule has 1 aliphatic rings. The Hall–Kier alpha value is -1.23. The molecule has 112 valence electrons. The molecule has 2 atom stereocenters. The van der Waals surface area contributed by atoms with E-state index < -0.39 is 0 Å². The van der Waals surface area contributed by atoms with Crippen molar-refractivity contribution in [3.05, 3.63) is 52.0 Å². The molecule has 21 heavy (non-hydrogen) atoms. The molecule has 0 radical (unpaired) electrons. The molecule has 2 unspecified atom stereocenters. The van der Waals surface area contributed by atoms with Crippen LogP contribution in [0.25, 0.3) is 0 Å². The van der Waals surface area contributed by atoms with Gasteiger partial charge in [0.1, 0.15) is 0 Å². The SMILES string of the molecule is Cc1ncc(CN2CC(Cc3ccccc3)NCC2C)s1. The summed E-state index contributed by atoms with van der Waals surface area (Å²) >= 11 is 1.82. The molecule has 3 rings (SSSR count). The first kappa shape index (κ1) is 14.7. The average molecular weight is 301 g/mol. The van der Waals surface area contributed by atoms with Gasteiger partial charge in [0.2, 0.25) is 0 Å².